The molecule has 100 valence electrons. The molecule has 1 N–H and O–H groups in total. The maximum atomic E-state index is 11.7. The van der Waals surface area contributed by atoms with Crippen molar-refractivity contribution in [1.82, 2.24) is 4.72 Å². The first-order chi connectivity index (χ1) is 8.27. The quantitative estimate of drug-likeness (QED) is 0.490. The lowest BCUT2D eigenvalue weighted by Crippen LogP contribution is -2.24. The van der Waals surface area contributed by atoms with E-state index >= 15 is 0 Å². The maximum absolute atomic E-state index is 11.7. The number of halogens is 1. The highest BCUT2D eigenvalue weighted by atomic mass is 35.7. The highest BCUT2D eigenvalue weighted by Crippen LogP contribution is 2.17. The van der Waals surface area contributed by atoms with Crippen molar-refractivity contribution in [2.75, 3.05) is 6.54 Å². The molecule has 0 amide bonds. The van der Waals surface area contributed by atoms with Crippen LogP contribution in [-0.4, -0.2) is 23.4 Å². The van der Waals surface area contributed by atoms with Gasteiger partial charge in [0, 0.05) is 17.2 Å². The molecule has 1 aromatic rings. The molecule has 0 bridgehead atoms. The van der Waals surface area contributed by atoms with E-state index < -0.39 is 19.1 Å². The van der Waals surface area contributed by atoms with Gasteiger partial charge in [0.15, 0.2) is 0 Å². The van der Waals surface area contributed by atoms with Gasteiger partial charge in [0.25, 0.3) is 9.05 Å². The monoisotopic (exact) mass is 309 g/mol. The first-order valence-corrected chi connectivity index (χ1v) is 8.72. The number of rotatable bonds is 6. The van der Waals surface area contributed by atoms with Crippen molar-refractivity contribution in [3.8, 4) is 0 Å². The highest BCUT2D eigenvalue weighted by molar-refractivity contribution is 8.13. The molecule has 0 aliphatic carbocycles. The Hall–Kier alpha value is -0.890. The Kier molecular flexibility index (Phi) is 4.92. The third-order valence-electron chi connectivity index (χ3n) is 2.06. The summed E-state index contributed by atoms with van der Waals surface area (Å²) in [6.07, 6.45) is 2.10. The molecule has 18 heavy (non-hydrogen) atoms. The van der Waals surface area contributed by atoms with Gasteiger partial charge < -0.3 is 0 Å². The molecule has 0 heterocycles. The summed E-state index contributed by atoms with van der Waals surface area (Å²) in [5.74, 6) is 0. The molecule has 0 fully saturated rings. The second kappa shape index (κ2) is 5.83. The maximum Gasteiger partial charge on any atom is 0.261 e. The van der Waals surface area contributed by atoms with E-state index in [1.54, 1.807) is 6.08 Å². The van der Waals surface area contributed by atoms with E-state index in [2.05, 4.69) is 11.3 Å². The van der Waals surface area contributed by atoms with Crippen LogP contribution >= 0.6 is 10.7 Å². The molecule has 0 unspecified atom stereocenters. The third kappa shape index (κ3) is 4.09. The number of hydrogen-bond donors (Lipinski definition) is 1. The molecule has 0 radical (unpaired) electrons. The molecule has 0 saturated heterocycles. The fourth-order valence-corrected chi connectivity index (χ4v) is 2.98. The zero-order valence-electron chi connectivity index (χ0n) is 9.34. The fourth-order valence-electron chi connectivity index (χ4n) is 1.16. The molecule has 0 spiro atoms. The van der Waals surface area contributed by atoms with Crippen LogP contribution in [0.3, 0.4) is 0 Å². The van der Waals surface area contributed by atoms with Gasteiger partial charge in [-0.05, 0) is 30.7 Å². The summed E-state index contributed by atoms with van der Waals surface area (Å²) in [6, 6.07) is 4.66. The number of nitrogens with one attached hydrogen (secondary N) is 1. The van der Waals surface area contributed by atoms with Crippen LogP contribution in [0.5, 0.6) is 0 Å². The minimum absolute atomic E-state index is 0.0179. The van der Waals surface area contributed by atoms with Crippen LogP contribution in [-0.2, 0) is 19.1 Å². The molecule has 1 rings (SSSR count). The predicted molar refractivity (Wildman–Crippen MR) is 69.5 cm³/mol. The van der Waals surface area contributed by atoms with E-state index in [9.17, 15) is 16.8 Å². The fraction of sp³-hybridized carbons (Fsp3) is 0.200. The van der Waals surface area contributed by atoms with Gasteiger partial charge in [0.2, 0.25) is 10.0 Å². The Morgan fingerprint density at radius 1 is 1.11 bits per heavy atom. The lowest BCUT2D eigenvalue weighted by atomic mass is 10.4. The normalized spacial score (nSPS) is 12.3. The molecule has 0 saturated carbocycles. The summed E-state index contributed by atoms with van der Waals surface area (Å²) in [6.45, 7) is 3.71. The van der Waals surface area contributed by atoms with Crippen molar-refractivity contribution < 1.29 is 16.8 Å². The molecule has 0 atom stereocenters. The van der Waals surface area contributed by atoms with Crippen LogP contribution in [0.15, 0.2) is 46.7 Å². The Labute approximate surface area is 111 Å². The Balaban J connectivity index is 2.95. The standard InChI is InChI=1S/C10H12ClNO4S2/c1-2-3-8-12-18(15,16)10-6-4-9(5-7-10)17(11,13)14/h2,4-7,12H,1,3,8H2. The predicted octanol–water partition coefficient (Wildman–Crippen LogP) is 1.47. The van der Waals surface area contributed by atoms with Gasteiger partial charge in [-0.2, -0.15) is 0 Å². The van der Waals surface area contributed by atoms with Gasteiger partial charge in [0.05, 0.1) is 9.79 Å². The van der Waals surface area contributed by atoms with Crippen LogP contribution in [0, 0.1) is 0 Å². The van der Waals surface area contributed by atoms with E-state index in [0.29, 0.717) is 6.42 Å². The Morgan fingerprint density at radius 3 is 2.06 bits per heavy atom. The summed E-state index contributed by atoms with van der Waals surface area (Å²) in [4.78, 5) is -0.162. The van der Waals surface area contributed by atoms with E-state index in [1.165, 1.54) is 12.1 Å². The largest absolute Gasteiger partial charge is 0.261 e. The average Bonchev–Trinajstić information content (AvgIpc) is 2.28. The summed E-state index contributed by atoms with van der Waals surface area (Å²) in [5, 5.41) is 0. The molecule has 0 aliphatic rings. The van der Waals surface area contributed by atoms with Gasteiger partial charge in [-0.3, -0.25) is 0 Å². The van der Waals surface area contributed by atoms with Crippen LogP contribution < -0.4 is 4.72 Å². The van der Waals surface area contributed by atoms with E-state index in [-0.39, 0.29) is 16.3 Å². The topological polar surface area (TPSA) is 80.3 Å². The molecular formula is C10H12ClNO4S2. The van der Waals surface area contributed by atoms with Gasteiger partial charge in [-0.1, -0.05) is 6.08 Å². The molecule has 0 aromatic heterocycles. The van der Waals surface area contributed by atoms with Crippen LogP contribution in [0.1, 0.15) is 6.42 Å². The van der Waals surface area contributed by atoms with Crippen molar-refractivity contribution in [1.29, 1.82) is 0 Å². The third-order valence-corrected chi connectivity index (χ3v) is 4.90. The minimum atomic E-state index is -3.84. The second-order valence-corrected chi connectivity index (χ2v) is 7.72. The lowest BCUT2D eigenvalue weighted by Gasteiger charge is -2.05. The van der Waals surface area contributed by atoms with Crippen molar-refractivity contribution >= 4 is 29.8 Å². The molecule has 5 nitrogen and oxygen atoms in total. The zero-order valence-corrected chi connectivity index (χ0v) is 11.7. The number of hydrogen-bond acceptors (Lipinski definition) is 4. The molecular weight excluding hydrogens is 298 g/mol. The van der Waals surface area contributed by atoms with E-state index in [0.717, 1.165) is 12.1 Å². The summed E-state index contributed by atoms with van der Waals surface area (Å²) < 4.78 is 47.8. The van der Waals surface area contributed by atoms with Crippen LogP contribution in [0.2, 0.25) is 0 Å². The van der Waals surface area contributed by atoms with Crippen molar-refractivity contribution in [3.63, 3.8) is 0 Å². The SMILES string of the molecule is C=CCCNS(=O)(=O)c1ccc(S(=O)(=O)Cl)cc1. The second-order valence-electron chi connectivity index (χ2n) is 3.38. The molecule has 8 heteroatoms. The first-order valence-electron chi connectivity index (χ1n) is 4.92. The minimum Gasteiger partial charge on any atom is -0.211 e. The molecule has 1 aromatic carbocycles. The molecule has 0 aliphatic heterocycles. The van der Waals surface area contributed by atoms with Crippen molar-refractivity contribution in [2.24, 2.45) is 0 Å². The van der Waals surface area contributed by atoms with Crippen LogP contribution in [0.25, 0.3) is 0 Å². The Bertz CT molecular complexity index is 620. The summed E-state index contributed by atoms with van der Waals surface area (Å²) >= 11 is 0. The van der Waals surface area contributed by atoms with E-state index in [1.807, 2.05) is 0 Å². The number of sulfonamides is 1. The highest BCUT2D eigenvalue weighted by Gasteiger charge is 2.15. The van der Waals surface area contributed by atoms with Gasteiger partial charge in [-0.25, -0.2) is 21.6 Å². The lowest BCUT2D eigenvalue weighted by molar-refractivity contribution is 0.581. The van der Waals surface area contributed by atoms with Crippen LogP contribution in [0.4, 0.5) is 0 Å². The zero-order chi connectivity index (χ0) is 13.8. The number of benzene rings is 1. The van der Waals surface area contributed by atoms with Crippen molar-refractivity contribution in [3.05, 3.63) is 36.9 Å². The van der Waals surface area contributed by atoms with E-state index in [4.69, 9.17) is 10.7 Å². The van der Waals surface area contributed by atoms with Crippen molar-refractivity contribution in [2.45, 2.75) is 16.2 Å². The van der Waals surface area contributed by atoms with Gasteiger partial charge >= 0.3 is 0 Å². The smallest absolute Gasteiger partial charge is 0.211 e. The van der Waals surface area contributed by atoms with Gasteiger partial charge in [0.1, 0.15) is 0 Å². The summed E-state index contributed by atoms with van der Waals surface area (Å²) in [5.41, 5.74) is 0. The van der Waals surface area contributed by atoms with Gasteiger partial charge in [-0.15, -0.1) is 6.58 Å². The Morgan fingerprint density at radius 2 is 1.61 bits per heavy atom. The summed E-state index contributed by atoms with van der Waals surface area (Å²) in [7, 11) is -2.35. The first kappa shape index (κ1) is 15.2. The average molecular weight is 310 g/mol.